The number of carbonyl (C=O) groups is 1. The largest absolute Gasteiger partial charge is 0.338 e. The lowest BCUT2D eigenvalue weighted by Crippen LogP contribution is -2.40. The summed E-state index contributed by atoms with van der Waals surface area (Å²) >= 11 is 5.84. The number of rotatable bonds is 5. The number of urea groups is 1. The molecule has 0 atom stereocenters. The first-order chi connectivity index (χ1) is 8.19. The number of carbonyl (C=O) groups excluding carboxylic acids is 1. The van der Waals surface area contributed by atoms with Gasteiger partial charge in [0, 0.05) is 23.8 Å². The first-order valence-electron chi connectivity index (χ1n) is 6.00. The van der Waals surface area contributed by atoms with Gasteiger partial charge < -0.3 is 5.32 Å². The number of benzene rings is 1. The third-order valence-electron chi connectivity index (χ3n) is 2.36. The second kappa shape index (κ2) is 7.17. The van der Waals surface area contributed by atoms with Crippen LogP contribution in [0, 0.1) is 0 Å². The monoisotopic (exact) mass is 254 g/mol. The van der Waals surface area contributed by atoms with Gasteiger partial charge in [-0.25, -0.2) is 4.79 Å². The van der Waals surface area contributed by atoms with Crippen LogP contribution in [0.2, 0.25) is 5.02 Å². The molecule has 0 heterocycles. The molecule has 4 heteroatoms. The second-order valence-electron chi connectivity index (χ2n) is 3.86. The minimum Gasteiger partial charge on any atom is -0.338 e. The molecule has 0 saturated heterocycles. The van der Waals surface area contributed by atoms with Gasteiger partial charge in [0.1, 0.15) is 0 Å². The van der Waals surface area contributed by atoms with E-state index in [1.165, 1.54) is 0 Å². The van der Waals surface area contributed by atoms with Crippen LogP contribution in [0.15, 0.2) is 24.3 Å². The Hall–Kier alpha value is -1.22. The van der Waals surface area contributed by atoms with Crippen molar-refractivity contribution in [3.63, 3.8) is 0 Å². The molecule has 94 valence electrons. The number of nitrogens with zero attached hydrogens (tertiary/aromatic N) is 1. The van der Waals surface area contributed by atoms with Crippen molar-refractivity contribution in [2.75, 3.05) is 18.0 Å². The van der Waals surface area contributed by atoms with Crippen molar-refractivity contribution < 1.29 is 4.79 Å². The smallest absolute Gasteiger partial charge is 0.321 e. The van der Waals surface area contributed by atoms with Crippen molar-refractivity contribution >= 4 is 23.3 Å². The number of hydrogen-bond donors (Lipinski definition) is 1. The SMILES string of the molecule is CCCNC(=O)N(CCC)c1ccc(Cl)cc1. The minimum atomic E-state index is -0.0453. The molecule has 0 radical (unpaired) electrons. The Bertz CT molecular complexity index is 351. The quantitative estimate of drug-likeness (QED) is 0.854. The molecular weight excluding hydrogens is 236 g/mol. The number of amides is 2. The third kappa shape index (κ3) is 4.27. The summed E-state index contributed by atoms with van der Waals surface area (Å²) in [7, 11) is 0. The molecule has 0 unspecified atom stereocenters. The Morgan fingerprint density at radius 1 is 1.24 bits per heavy atom. The molecule has 0 aromatic heterocycles. The van der Waals surface area contributed by atoms with E-state index in [0.717, 1.165) is 18.5 Å². The summed E-state index contributed by atoms with van der Waals surface area (Å²) in [4.78, 5) is 13.7. The fourth-order valence-corrected chi connectivity index (χ4v) is 1.65. The average Bonchev–Trinajstić information content (AvgIpc) is 2.34. The van der Waals surface area contributed by atoms with Crippen LogP contribution in [-0.2, 0) is 0 Å². The molecule has 0 saturated carbocycles. The fourth-order valence-electron chi connectivity index (χ4n) is 1.52. The highest BCUT2D eigenvalue weighted by molar-refractivity contribution is 6.30. The van der Waals surface area contributed by atoms with Gasteiger partial charge in [-0.05, 0) is 37.1 Å². The molecule has 1 N–H and O–H groups in total. The van der Waals surface area contributed by atoms with E-state index in [0.29, 0.717) is 18.1 Å². The number of hydrogen-bond acceptors (Lipinski definition) is 1. The van der Waals surface area contributed by atoms with Crippen molar-refractivity contribution in [3.8, 4) is 0 Å². The molecule has 3 nitrogen and oxygen atoms in total. The lowest BCUT2D eigenvalue weighted by Gasteiger charge is -2.22. The normalized spacial score (nSPS) is 10.1. The van der Waals surface area contributed by atoms with Crippen molar-refractivity contribution in [2.45, 2.75) is 26.7 Å². The van der Waals surface area contributed by atoms with Gasteiger partial charge in [-0.15, -0.1) is 0 Å². The van der Waals surface area contributed by atoms with E-state index >= 15 is 0 Å². The Morgan fingerprint density at radius 3 is 2.41 bits per heavy atom. The summed E-state index contributed by atoms with van der Waals surface area (Å²) in [6.07, 6.45) is 1.86. The van der Waals surface area contributed by atoms with Gasteiger partial charge in [0.25, 0.3) is 0 Å². The Morgan fingerprint density at radius 2 is 1.88 bits per heavy atom. The van der Waals surface area contributed by atoms with Crippen molar-refractivity contribution in [3.05, 3.63) is 29.3 Å². The van der Waals surface area contributed by atoms with Crippen LogP contribution in [-0.4, -0.2) is 19.1 Å². The van der Waals surface area contributed by atoms with E-state index < -0.39 is 0 Å². The van der Waals surface area contributed by atoms with Gasteiger partial charge in [0.05, 0.1) is 0 Å². The van der Waals surface area contributed by atoms with Crippen LogP contribution in [0.25, 0.3) is 0 Å². The summed E-state index contributed by atoms with van der Waals surface area (Å²) in [6, 6.07) is 7.28. The van der Waals surface area contributed by atoms with Crippen molar-refractivity contribution in [2.24, 2.45) is 0 Å². The lowest BCUT2D eigenvalue weighted by molar-refractivity contribution is 0.246. The summed E-state index contributed by atoms with van der Waals surface area (Å²) in [5.74, 6) is 0. The molecule has 0 aliphatic heterocycles. The maximum absolute atomic E-state index is 12.0. The fraction of sp³-hybridized carbons (Fsp3) is 0.462. The topological polar surface area (TPSA) is 32.3 Å². The summed E-state index contributed by atoms with van der Waals surface area (Å²) < 4.78 is 0. The summed E-state index contributed by atoms with van der Waals surface area (Å²) in [6.45, 7) is 5.49. The molecule has 2 amide bonds. The van der Waals surface area contributed by atoms with Crippen molar-refractivity contribution in [1.82, 2.24) is 5.32 Å². The van der Waals surface area contributed by atoms with E-state index in [1.807, 2.05) is 19.1 Å². The highest BCUT2D eigenvalue weighted by atomic mass is 35.5. The van der Waals surface area contributed by atoms with E-state index in [9.17, 15) is 4.79 Å². The van der Waals surface area contributed by atoms with Gasteiger partial charge in [0.15, 0.2) is 0 Å². The molecule has 0 spiro atoms. The number of halogens is 1. The summed E-state index contributed by atoms with van der Waals surface area (Å²) in [5.41, 5.74) is 0.879. The zero-order chi connectivity index (χ0) is 12.7. The van der Waals surface area contributed by atoms with Crippen LogP contribution in [0.1, 0.15) is 26.7 Å². The van der Waals surface area contributed by atoms with Gasteiger partial charge >= 0.3 is 6.03 Å². The zero-order valence-corrected chi connectivity index (χ0v) is 11.1. The number of anilines is 1. The maximum atomic E-state index is 12.0. The average molecular weight is 255 g/mol. The summed E-state index contributed by atoms with van der Waals surface area (Å²) in [5, 5.41) is 3.56. The van der Waals surface area contributed by atoms with Crippen molar-refractivity contribution in [1.29, 1.82) is 0 Å². The van der Waals surface area contributed by atoms with Gasteiger partial charge in [-0.3, -0.25) is 4.90 Å². The van der Waals surface area contributed by atoms with Crippen LogP contribution < -0.4 is 10.2 Å². The maximum Gasteiger partial charge on any atom is 0.321 e. The second-order valence-corrected chi connectivity index (χ2v) is 4.30. The van der Waals surface area contributed by atoms with E-state index in [1.54, 1.807) is 17.0 Å². The molecule has 1 rings (SSSR count). The van der Waals surface area contributed by atoms with Gasteiger partial charge in [-0.2, -0.15) is 0 Å². The first-order valence-corrected chi connectivity index (χ1v) is 6.37. The standard InChI is InChI=1S/C13H19ClN2O/c1-3-9-15-13(17)16(10-4-2)12-7-5-11(14)6-8-12/h5-8H,3-4,9-10H2,1-2H3,(H,15,17). The van der Waals surface area contributed by atoms with E-state index in [-0.39, 0.29) is 6.03 Å². The molecule has 0 bridgehead atoms. The highest BCUT2D eigenvalue weighted by Crippen LogP contribution is 2.18. The molecule has 0 fully saturated rings. The zero-order valence-electron chi connectivity index (χ0n) is 10.4. The lowest BCUT2D eigenvalue weighted by atomic mass is 10.3. The van der Waals surface area contributed by atoms with Crippen LogP contribution in [0.3, 0.4) is 0 Å². The first kappa shape index (κ1) is 13.8. The Balaban J connectivity index is 2.77. The molecule has 0 aliphatic rings. The number of nitrogens with one attached hydrogen (secondary N) is 1. The predicted octanol–water partition coefficient (Wildman–Crippen LogP) is 3.68. The van der Waals surface area contributed by atoms with Crippen LogP contribution >= 0.6 is 11.6 Å². The van der Waals surface area contributed by atoms with Crippen LogP contribution in [0.4, 0.5) is 10.5 Å². The van der Waals surface area contributed by atoms with Gasteiger partial charge in [0.2, 0.25) is 0 Å². The van der Waals surface area contributed by atoms with Crippen LogP contribution in [0.5, 0.6) is 0 Å². The predicted molar refractivity (Wildman–Crippen MR) is 72.8 cm³/mol. The van der Waals surface area contributed by atoms with Gasteiger partial charge in [-0.1, -0.05) is 25.4 Å². The molecule has 1 aromatic carbocycles. The molecule has 0 aliphatic carbocycles. The Labute approximate surface area is 108 Å². The van der Waals surface area contributed by atoms with E-state index in [2.05, 4.69) is 12.2 Å². The molecule has 17 heavy (non-hydrogen) atoms. The third-order valence-corrected chi connectivity index (χ3v) is 2.61. The molecular formula is C13H19ClN2O. The highest BCUT2D eigenvalue weighted by Gasteiger charge is 2.13. The minimum absolute atomic E-state index is 0.0453. The Kier molecular flexibility index (Phi) is 5.84. The molecule has 1 aromatic rings. The van der Waals surface area contributed by atoms with E-state index in [4.69, 9.17) is 11.6 Å².